The largest absolute Gasteiger partial charge is 0.431 e. The maximum atomic E-state index is 12.6. The lowest BCUT2D eigenvalue weighted by Gasteiger charge is -2.46. The minimum absolute atomic E-state index is 0.120. The fourth-order valence-corrected chi connectivity index (χ4v) is 5.31. The molecule has 3 saturated carbocycles. The molecule has 31 heavy (non-hydrogen) atoms. The van der Waals surface area contributed by atoms with E-state index in [1.165, 1.54) is 25.1 Å². The minimum Gasteiger partial charge on any atom is -0.431 e. The number of nitrogens with one attached hydrogen (secondary N) is 2. The number of ether oxygens (including phenoxy) is 2. The monoisotopic (exact) mass is 435 g/mol. The van der Waals surface area contributed by atoms with Gasteiger partial charge in [0.2, 0.25) is 0 Å². The fourth-order valence-electron chi connectivity index (χ4n) is 5.31. The van der Waals surface area contributed by atoms with E-state index in [-0.39, 0.29) is 23.3 Å². The molecule has 0 amide bonds. The molecule has 0 spiro atoms. The van der Waals surface area contributed by atoms with Crippen molar-refractivity contribution < 1.29 is 18.3 Å². The Labute approximate surface area is 181 Å². The van der Waals surface area contributed by atoms with Crippen LogP contribution in [0.2, 0.25) is 0 Å². The molecule has 2 heterocycles. The van der Waals surface area contributed by atoms with Crippen molar-refractivity contribution in [2.24, 2.45) is 17.8 Å². The summed E-state index contributed by atoms with van der Waals surface area (Å²) in [5.41, 5.74) is 7.26. The molecule has 4 atom stereocenters. The van der Waals surface area contributed by atoms with Gasteiger partial charge in [0.1, 0.15) is 0 Å². The van der Waals surface area contributed by atoms with E-state index in [1.807, 2.05) is 6.08 Å². The van der Waals surface area contributed by atoms with Crippen LogP contribution < -0.4 is 15.8 Å². The fraction of sp³-hybridized carbons (Fsp3) is 0.636. The number of nitrogens with two attached hydrogens (primary N) is 1. The minimum atomic E-state index is -3.00. The highest BCUT2D eigenvalue weighted by Crippen LogP contribution is 2.58. The highest BCUT2D eigenvalue weighted by molar-refractivity contribution is 6.07. The Bertz CT molecular complexity index is 856. The molecule has 3 aliphatic carbocycles. The Hall–Kier alpha value is -2.26. The van der Waals surface area contributed by atoms with Crippen molar-refractivity contribution in [3.63, 3.8) is 0 Å². The van der Waals surface area contributed by atoms with Gasteiger partial charge in [-0.2, -0.15) is 8.78 Å². The number of nitrogen functional groups attached to an aromatic ring is 1. The van der Waals surface area contributed by atoms with E-state index in [2.05, 4.69) is 33.8 Å². The number of aromatic nitrogens is 1. The van der Waals surface area contributed by atoms with Crippen LogP contribution in [-0.4, -0.2) is 60.6 Å². The van der Waals surface area contributed by atoms with Gasteiger partial charge in [-0.1, -0.05) is 0 Å². The first-order chi connectivity index (χ1) is 14.8. The van der Waals surface area contributed by atoms with Gasteiger partial charge in [-0.25, -0.2) is 4.98 Å². The van der Waals surface area contributed by atoms with Crippen LogP contribution in [0, 0.1) is 23.2 Å². The van der Waals surface area contributed by atoms with Crippen molar-refractivity contribution in [1.82, 2.24) is 15.2 Å². The van der Waals surface area contributed by atoms with Gasteiger partial charge in [0.15, 0.2) is 11.6 Å². The van der Waals surface area contributed by atoms with Crippen LogP contribution >= 0.6 is 0 Å². The lowest BCUT2D eigenvalue weighted by atomic mass is 9.69. The number of halogens is 2. The molecule has 0 radical (unpaired) electrons. The zero-order valence-electron chi connectivity index (χ0n) is 18.1. The molecule has 4 N–H and O–H groups in total. The third kappa shape index (κ3) is 4.39. The molecule has 1 saturated heterocycles. The molecule has 1 aromatic rings. The predicted molar refractivity (Wildman–Crippen MR) is 114 cm³/mol. The van der Waals surface area contributed by atoms with Gasteiger partial charge in [-0.3, -0.25) is 4.90 Å². The van der Waals surface area contributed by atoms with Crippen LogP contribution in [0.4, 0.5) is 14.6 Å². The summed E-state index contributed by atoms with van der Waals surface area (Å²) in [6, 6.07) is 2.14. The summed E-state index contributed by atoms with van der Waals surface area (Å²) in [7, 11) is 1.77. The Balaban J connectivity index is 1.52. The number of anilines is 1. The molecule has 2 bridgehead atoms. The zero-order chi connectivity index (χ0) is 22.3. The third-order valence-electron chi connectivity index (χ3n) is 6.78. The number of pyridine rings is 1. The van der Waals surface area contributed by atoms with E-state index in [0.29, 0.717) is 35.5 Å². The molecule has 1 aliphatic heterocycles. The lowest BCUT2D eigenvalue weighted by Crippen LogP contribution is -2.57. The van der Waals surface area contributed by atoms with Crippen LogP contribution in [0.15, 0.2) is 24.0 Å². The average Bonchev–Trinajstić information content (AvgIpc) is 3.21. The van der Waals surface area contributed by atoms with Crippen molar-refractivity contribution in [2.75, 3.05) is 25.9 Å². The number of rotatable bonds is 9. The first-order valence-corrected chi connectivity index (χ1v) is 10.8. The van der Waals surface area contributed by atoms with E-state index >= 15 is 0 Å². The number of hydrogen-bond acceptors (Lipinski definition) is 7. The highest BCUT2D eigenvalue weighted by Gasteiger charge is 2.57. The van der Waals surface area contributed by atoms with Crippen molar-refractivity contribution in [1.29, 1.82) is 5.41 Å². The third-order valence-corrected chi connectivity index (χ3v) is 6.78. The molecule has 2 unspecified atom stereocenters. The SMILES string of the molecule is COC1CN([C@H]2C[C@@H]3CC2C3/C(=C/C(=N)c2cnc(N)c(OC(F)F)c2)NC(C)C)C1. The predicted octanol–water partition coefficient (Wildman–Crippen LogP) is 2.87. The van der Waals surface area contributed by atoms with Crippen molar-refractivity contribution >= 4 is 11.5 Å². The van der Waals surface area contributed by atoms with Crippen LogP contribution in [-0.2, 0) is 4.74 Å². The Morgan fingerprint density at radius 3 is 2.74 bits per heavy atom. The Kier molecular flexibility index (Phi) is 6.16. The number of likely N-dealkylation sites (tertiary alicyclic amines) is 1. The van der Waals surface area contributed by atoms with E-state index in [1.54, 1.807) is 7.11 Å². The van der Waals surface area contributed by atoms with Gasteiger partial charge in [0.05, 0.1) is 11.8 Å². The molecule has 170 valence electrons. The molecule has 0 aromatic carbocycles. The summed E-state index contributed by atoms with van der Waals surface area (Å²) < 4.78 is 35.1. The summed E-state index contributed by atoms with van der Waals surface area (Å²) in [4.78, 5) is 6.45. The van der Waals surface area contributed by atoms with Gasteiger partial charge in [-0.15, -0.1) is 0 Å². The van der Waals surface area contributed by atoms with E-state index < -0.39 is 6.61 Å². The smallest absolute Gasteiger partial charge is 0.387 e. The van der Waals surface area contributed by atoms with Crippen molar-refractivity contribution in [2.45, 2.75) is 51.5 Å². The molecule has 1 aromatic heterocycles. The van der Waals surface area contributed by atoms with Gasteiger partial charge < -0.3 is 25.9 Å². The summed E-state index contributed by atoms with van der Waals surface area (Å²) in [6.07, 6.45) is 5.97. The second-order valence-corrected chi connectivity index (χ2v) is 9.10. The quantitative estimate of drug-likeness (QED) is 0.516. The Morgan fingerprint density at radius 1 is 1.35 bits per heavy atom. The van der Waals surface area contributed by atoms with Crippen molar-refractivity contribution in [3.8, 4) is 5.75 Å². The van der Waals surface area contributed by atoms with E-state index in [0.717, 1.165) is 18.8 Å². The summed E-state index contributed by atoms with van der Waals surface area (Å²) in [6.45, 7) is 3.14. The molecule has 9 heteroatoms. The van der Waals surface area contributed by atoms with Crippen LogP contribution in [0.1, 0.15) is 32.3 Å². The standard InChI is InChI=1S/C22H31F2N5O2/c1-11(2)28-17(7-16(25)13-6-19(31-22(23)24)21(26)27-8-13)20-12-4-15(20)18(5-12)29-9-14(10-29)30-3/h6-8,11-12,14-15,18,20,22,25,28H,4-5,9-10H2,1-3H3,(H2,26,27)/b17-7-,25-16?/t12-,15?,18-,20?/m0/s1. The molecule has 4 fully saturated rings. The first-order valence-electron chi connectivity index (χ1n) is 10.8. The number of allylic oxidation sites excluding steroid dienone is 2. The van der Waals surface area contributed by atoms with E-state index in [9.17, 15) is 8.78 Å². The molecular weight excluding hydrogens is 404 g/mol. The molecule has 4 aliphatic rings. The highest BCUT2D eigenvalue weighted by atomic mass is 19.3. The molecular formula is C22H31F2N5O2. The number of nitrogens with zero attached hydrogens (tertiary/aromatic N) is 2. The number of hydrogen-bond donors (Lipinski definition) is 3. The number of methoxy groups -OCH3 is 1. The van der Waals surface area contributed by atoms with Gasteiger partial charge in [0, 0.05) is 55.7 Å². The number of alkyl halides is 2. The zero-order valence-corrected chi connectivity index (χ0v) is 18.1. The summed E-state index contributed by atoms with van der Waals surface area (Å²) in [5, 5.41) is 12.1. The topological polar surface area (TPSA) is 96.5 Å². The lowest BCUT2D eigenvalue weighted by molar-refractivity contribution is -0.0587. The van der Waals surface area contributed by atoms with E-state index in [4.69, 9.17) is 15.9 Å². The second kappa shape index (κ2) is 8.70. The number of fused-ring (bicyclic) bond motifs is 1. The molecule has 7 nitrogen and oxygen atoms in total. The second-order valence-electron chi connectivity index (χ2n) is 9.10. The summed E-state index contributed by atoms with van der Waals surface area (Å²) in [5.74, 6) is 1.22. The summed E-state index contributed by atoms with van der Waals surface area (Å²) >= 11 is 0. The maximum Gasteiger partial charge on any atom is 0.387 e. The van der Waals surface area contributed by atoms with Crippen molar-refractivity contribution in [3.05, 3.63) is 29.6 Å². The normalized spacial score (nSPS) is 28.5. The van der Waals surface area contributed by atoms with Crippen LogP contribution in [0.5, 0.6) is 5.75 Å². The average molecular weight is 436 g/mol. The van der Waals surface area contributed by atoms with Gasteiger partial charge >= 0.3 is 6.61 Å². The van der Waals surface area contributed by atoms with Crippen LogP contribution in [0.3, 0.4) is 0 Å². The maximum absolute atomic E-state index is 12.6. The van der Waals surface area contributed by atoms with Gasteiger partial charge in [-0.05, 0) is 50.7 Å². The molecule has 5 rings (SSSR count). The van der Waals surface area contributed by atoms with Gasteiger partial charge in [0.25, 0.3) is 0 Å². The first kappa shape index (κ1) is 22.0. The Morgan fingerprint density at radius 2 is 2.10 bits per heavy atom. The van der Waals surface area contributed by atoms with Crippen LogP contribution in [0.25, 0.3) is 0 Å².